The van der Waals surface area contributed by atoms with Gasteiger partial charge in [0, 0.05) is 22.0 Å². The van der Waals surface area contributed by atoms with Gasteiger partial charge in [-0.05, 0) is 42.0 Å². The molecule has 0 saturated heterocycles. The van der Waals surface area contributed by atoms with Crippen molar-refractivity contribution in [1.29, 1.82) is 0 Å². The third-order valence-electron chi connectivity index (χ3n) is 3.47. The van der Waals surface area contributed by atoms with Gasteiger partial charge in [-0.3, -0.25) is 4.40 Å². The van der Waals surface area contributed by atoms with Crippen LogP contribution in [0.15, 0.2) is 41.2 Å². The van der Waals surface area contributed by atoms with E-state index < -0.39 is 0 Å². The molecule has 3 aromatic heterocycles. The zero-order valence-corrected chi connectivity index (χ0v) is 12.6. The summed E-state index contributed by atoms with van der Waals surface area (Å²) < 4.78 is 3.49. The van der Waals surface area contributed by atoms with Crippen LogP contribution >= 0.6 is 22.7 Å². The van der Waals surface area contributed by atoms with Gasteiger partial charge in [0.15, 0.2) is 4.96 Å². The van der Waals surface area contributed by atoms with Crippen molar-refractivity contribution in [3.63, 3.8) is 0 Å². The zero-order valence-electron chi connectivity index (χ0n) is 11.0. The van der Waals surface area contributed by atoms with Gasteiger partial charge in [-0.25, -0.2) is 4.98 Å². The van der Waals surface area contributed by atoms with Gasteiger partial charge in [-0.2, -0.15) is 0 Å². The lowest BCUT2D eigenvalue weighted by molar-refractivity contribution is 0.995. The van der Waals surface area contributed by atoms with E-state index >= 15 is 0 Å². The summed E-state index contributed by atoms with van der Waals surface area (Å²) in [6.07, 6.45) is 2.08. The summed E-state index contributed by atoms with van der Waals surface area (Å²) >= 11 is 3.45. The van der Waals surface area contributed by atoms with Crippen molar-refractivity contribution in [1.82, 2.24) is 9.38 Å². The van der Waals surface area contributed by atoms with Gasteiger partial charge < -0.3 is 5.32 Å². The van der Waals surface area contributed by atoms with Crippen LogP contribution in [0.1, 0.15) is 11.4 Å². The molecule has 1 N–H and O–H groups in total. The summed E-state index contributed by atoms with van der Waals surface area (Å²) in [6.45, 7) is 2.86. The summed E-state index contributed by atoms with van der Waals surface area (Å²) in [4.78, 5) is 5.63. The van der Waals surface area contributed by atoms with Crippen LogP contribution in [-0.4, -0.2) is 9.38 Å². The molecule has 0 radical (unpaired) electrons. The van der Waals surface area contributed by atoms with Crippen LogP contribution in [0.3, 0.4) is 0 Å². The molecule has 100 valence electrons. The molecule has 0 saturated carbocycles. The normalized spacial score (nSPS) is 11.4. The Balaban J connectivity index is 1.63. The fourth-order valence-electron chi connectivity index (χ4n) is 2.42. The second kappa shape index (κ2) is 4.61. The summed E-state index contributed by atoms with van der Waals surface area (Å²) in [5, 5.41) is 9.00. The predicted octanol–water partition coefficient (Wildman–Crippen LogP) is 4.53. The number of thiazole rings is 1. The van der Waals surface area contributed by atoms with Gasteiger partial charge in [-0.15, -0.1) is 22.7 Å². The van der Waals surface area contributed by atoms with Gasteiger partial charge in [0.1, 0.15) is 0 Å². The molecule has 0 unspecified atom stereocenters. The first-order valence-corrected chi connectivity index (χ1v) is 8.19. The summed E-state index contributed by atoms with van der Waals surface area (Å²) in [5.41, 5.74) is 3.48. The van der Waals surface area contributed by atoms with E-state index in [0.29, 0.717) is 0 Å². The van der Waals surface area contributed by atoms with Gasteiger partial charge in [0.05, 0.1) is 17.9 Å². The standard InChI is InChI=1S/C15H13N3S2/c1-10-13(18-5-7-20-15(18)17-10)9-16-12-2-3-14-11(8-12)4-6-19-14/h2-8,16H,9H2,1H3. The molecule has 0 amide bonds. The maximum absolute atomic E-state index is 4.57. The fourth-order valence-corrected chi connectivity index (χ4v) is 3.97. The minimum Gasteiger partial charge on any atom is -0.379 e. The molecule has 0 aliphatic rings. The average Bonchev–Trinajstić information content (AvgIpc) is 3.12. The van der Waals surface area contributed by atoms with Crippen molar-refractivity contribution >= 4 is 43.4 Å². The highest BCUT2D eigenvalue weighted by molar-refractivity contribution is 7.17. The molecule has 1 aromatic carbocycles. The number of thiophene rings is 1. The Kier molecular flexibility index (Phi) is 2.75. The highest BCUT2D eigenvalue weighted by atomic mass is 32.1. The van der Waals surface area contributed by atoms with Crippen LogP contribution in [0.2, 0.25) is 0 Å². The van der Waals surface area contributed by atoms with Gasteiger partial charge in [0.2, 0.25) is 0 Å². The number of imidazole rings is 1. The Morgan fingerprint density at radius 3 is 3.10 bits per heavy atom. The molecule has 4 aromatic rings. The fraction of sp³-hybridized carbons (Fsp3) is 0.133. The van der Waals surface area contributed by atoms with Crippen LogP contribution in [0.4, 0.5) is 5.69 Å². The smallest absolute Gasteiger partial charge is 0.194 e. The van der Waals surface area contributed by atoms with Crippen LogP contribution in [-0.2, 0) is 6.54 Å². The number of benzene rings is 1. The molecule has 20 heavy (non-hydrogen) atoms. The lowest BCUT2D eigenvalue weighted by Crippen LogP contribution is -2.03. The van der Waals surface area contributed by atoms with Gasteiger partial charge in [-0.1, -0.05) is 0 Å². The monoisotopic (exact) mass is 299 g/mol. The molecular weight excluding hydrogens is 286 g/mol. The number of hydrogen-bond donors (Lipinski definition) is 1. The van der Waals surface area contributed by atoms with Crippen molar-refractivity contribution in [3.8, 4) is 0 Å². The topological polar surface area (TPSA) is 29.3 Å². The third-order valence-corrected chi connectivity index (χ3v) is 5.13. The number of fused-ring (bicyclic) bond motifs is 2. The third kappa shape index (κ3) is 1.90. The van der Waals surface area contributed by atoms with Crippen molar-refractivity contribution in [2.45, 2.75) is 13.5 Å². The molecule has 3 heterocycles. The van der Waals surface area contributed by atoms with Crippen molar-refractivity contribution in [2.75, 3.05) is 5.32 Å². The number of rotatable bonds is 3. The van der Waals surface area contributed by atoms with E-state index in [9.17, 15) is 0 Å². The van der Waals surface area contributed by atoms with Crippen LogP contribution in [0, 0.1) is 6.92 Å². The number of aromatic nitrogens is 2. The maximum Gasteiger partial charge on any atom is 0.194 e. The minimum atomic E-state index is 0.791. The molecule has 0 fully saturated rings. The lowest BCUT2D eigenvalue weighted by atomic mass is 10.2. The number of nitrogens with zero attached hydrogens (tertiary/aromatic N) is 2. The van der Waals surface area contributed by atoms with Gasteiger partial charge >= 0.3 is 0 Å². The second-order valence-electron chi connectivity index (χ2n) is 4.73. The van der Waals surface area contributed by atoms with E-state index in [0.717, 1.165) is 22.9 Å². The Hall–Kier alpha value is -1.85. The van der Waals surface area contributed by atoms with Crippen molar-refractivity contribution in [2.24, 2.45) is 0 Å². The molecule has 0 aliphatic carbocycles. The largest absolute Gasteiger partial charge is 0.379 e. The molecule has 0 aliphatic heterocycles. The van der Waals surface area contributed by atoms with Crippen LogP contribution < -0.4 is 5.32 Å². The number of aryl methyl sites for hydroxylation is 1. The van der Waals surface area contributed by atoms with Gasteiger partial charge in [0.25, 0.3) is 0 Å². The molecule has 4 rings (SSSR count). The predicted molar refractivity (Wildman–Crippen MR) is 87.0 cm³/mol. The quantitative estimate of drug-likeness (QED) is 0.602. The minimum absolute atomic E-state index is 0.791. The van der Waals surface area contributed by atoms with E-state index in [2.05, 4.69) is 62.8 Å². The first-order chi connectivity index (χ1) is 9.81. The molecule has 3 nitrogen and oxygen atoms in total. The van der Waals surface area contributed by atoms with E-state index in [-0.39, 0.29) is 0 Å². The summed E-state index contributed by atoms with van der Waals surface area (Å²) in [7, 11) is 0. The maximum atomic E-state index is 4.57. The molecule has 0 atom stereocenters. The first-order valence-electron chi connectivity index (χ1n) is 6.43. The Bertz CT molecular complexity index is 885. The Labute approximate surface area is 124 Å². The SMILES string of the molecule is Cc1nc2sccn2c1CNc1ccc2sccc2c1. The van der Waals surface area contributed by atoms with E-state index in [1.807, 2.05) is 0 Å². The average molecular weight is 299 g/mol. The zero-order chi connectivity index (χ0) is 13.5. The number of nitrogens with one attached hydrogen (secondary N) is 1. The Morgan fingerprint density at radius 2 is 2.15 bits per heavy atom. The van der Waals surface area contributed by atoms with E-state index in [4.69, 9.17) is 0 Å². The lowest BCUT2D eigenvalue weighted by Gasteiger charge is -2.07. The molecule has 0 spiro atoms. The van der Waals surface area contributed by atoms with Crippen molar-refractivity contribution < 1.29 is 0 Å². The summed E-state index contributed by atoms with van der Waals surface area (Å²) in [5.74, 6) is 0. The number of hydrogen-bond acceptors (Lipinski definition) is 4. The molecule has 5 heteroatoms. The highest BCUT2D eigenvalue weighted by Gasteiger charge is 2.09. The molecule has 0 bridgehead atoms. The van der Waals surface area contributed by atoms with Crippen LogP contribution in [0.25, 0.3) is 15.0 Å². The van der Waals surface area contributed by atoms with Crippen LogP contribution in [0.5, 0.6) is 0 Å². The van der Waals surface area contributed by atoms with Crippen molar-refractivity contribution in [3.05, 3.63) is 52.6 Å². The number of anilines is 1. The molecular formula is C15H13N3S2. The summed E-state index contributed by atoms with van der Waals surface area (Å²) in [6, 6.07) is 8.67. The first kappa shape index (κ1) is 11.9. The van der Waals surface area contributed by atoms with E-state index in [1.165, 1.54) is 15.8 Å². The van der Waals surface area contributed by atoms with E-state index in [1.54, 1.807) is 22.7 Å². The Morgan fingerprint density at radius 1 is 1.20 bits per heavy atom. The highest BCUT2D eigenvalue weighted by Crippen LogP contribution is 2.25. The second-order valence-corrected chi connectivity index (χ2v) is 6.55.